The van der Waals surface area contributed by atoms with Crippen molar-refractivity contribution in [3.05, 3.63) is 82.5 Å². The molecule has 7 heteroatoms. The highest BCUT2D eigenvalue weighted by molar-refractivity contribution is 6.33. The molecule has 1 atom stereocenters. The Morgan fingerprint density at radius 1 is 1.07 bits per heavy atom. The first-order valence-corrected chi connectivity index (χ1v) is 9.62. The second-order valence-corrected chi connectivity index (χ2v) is 7.48. The molecule has 0 bridgehead atoms. The van der Waals surface area contributed by atoms with Crippen LogP contribution in [0.15, 0.2) is 59.2 Å². The smallest absolute Gasteiger partial charge is 0.277 e. The van der Waals surface area contributed by atoms with Crippen LogP contribution in [0.4, 0.5) is 5.69 Å². The Balaban J connectivity index is 1.77. The molecule has 6 nitrogen and oxygen atoms in total. The standard InChI is InChI=1S/C22H22ClN3O3/c1-13(2)19(26-20(27)16-11-14(3)9-10-17(16)23)22-25-18(12-29-22)21(28)24-15-7-5-4-6-8-15/h4-13,19H,1-3H3,(H,24,28)(H,26,27)/t19-/m1/s1. The number of hydrogen-bond acceptors (Lipinski definition) is 4. The number of benzene rings is 2. The molecule has 3 aromatic rings. The van der Waals surface area contributed by atoms with Crippen molar-refractivity contribution >= 4 is 29.1 Å². The van der Waals surface area contributed by atoms with Crippen molar-refractivity contribution in [1.29, 1.82) is 0 Å². The van der Waals surface area contributed by atoms with Crippen LogP contribution in [0.5, 0.6) is 0 Å². The van der Waals surface area contributed by atoms with Crippen molar-refractivity contribution in [2.45, 2.75) is 26.8 Å². The lowest BCUT2D eigenvalue weighted by Crippen LogP contribution is -2.32. The van der Waals surface area contributed by atoms with Crippen molar-refractivity contribution in [2.75, 3.05) is 5.32 Å². The van der Waals surface area contributed by atoms with Gasteiger partial charge in [-0.15, -0.1) is 0 Å². The molecule has 0 aliphatic rings. The van der Waals surface area contributed by atoms with Gasteiger partial charge < -0.3 is 15.1 Å². The Morgan fingerprint density at radius 2 is 1.79 bits per heavy atom. The first-order chi connectivity index (χ1) is 13.8. The number of amides is 2. The van der Waals surface area contributed by atoms with Crippen LogP contribution in [-0.2, 0) is 0 Å². The molecule has 0 aliphatic carbocycles. The minimum atomic E-state index is -0.516. The first-order valence-electron chi connectivity index (χ1n) is 9.24. The summed E-state index contributed by atoms with van der Waals surface area (Å²) in [6.07, 6.45) is 1.29. The van der Waals surface area contributed by atoms with E-state index < -0.39 is 6.04 Å². The summed E-state index contributed by atoms with van der Waals surface area (Å²) in [5.74, 6) is -0.478. The van der Waals surface area contributed by atoms with Crippen LogP contribution >= 0.6 is 11.6 Å². The molecule has 2 aromatic carbocycles. The number of para-hydroxylation sites is 1. The van der Waals surface area contributed by atoms with Crippen LogP contribution in [0.25, 0.3) is 0 Å². The van der Waals surface area contributed by atoms with E-state index >= 15 is 0 Å². The fourth-order valence-electron chi connectivity index (χ4n) is 2.80. The lowest BCUT2D eigenvalue weighted by Gasteiger charge is -2.19. The van der Waals surface area contributed by atoms with Crippen LogP contribution < -0.4 is 10.6 Å². The lowest BCUT2D eigenvalue weighted by atomic mass is 10.0. The van der Waals surface area contributed by atoms with Crippen LogP contribution in [0.1, 0.15) is 52.2 Å². The molecule has 1 aromatic heterocycles. The van der Waals surface area contributed by atoms with Crippen molar-refractivity contribution in [3.8, 4) is 0 Å². The monoisotopic (exact) mass is 411 g/mol. The zero-order valence-electron chi connectivity index (χ0n) is 16.4. The van der Waals surface area contributed by atoms with Gasteiger partial charge in [0.1, 0.15) is 12.3 Å². The molecule has 0 aliphatic heterocycles. The molecule has 0 spiro atoms. The summed E-state index contributed by atoms with van der Waals surface area (Å²) in [4.78, 5) is 29.4. The van der Waals surface area contributed by atoms with Gasteiger partial charge in [-0.25, -0.2) is 4.98 Å². The van der Waals surface area contributed by atoms with Crippen LogP contribution in [0, 0.1) is 12.8 Å². The second kappa shape index (κ2) is 8.92. The number of aromatic nitrogens is 1. The number of anilines is 1. The fraction of sp³-hybridized carbons (Fsp3) is 0.227. The minimum Gasteiger partial charge on any atom is -0.446 e. The zero-order valence-corrected chi connectivity index (χ0v) is 17.2. The Kier molecular flexibility index (Phi) is 6.34. The van der Waals surface area contributed by atoms with Crippen molar-refractivity contribution in [3.63, 3.8) is 0 Å². The van der Waals surface area contributed by atoms with Crippen molar-refractivity contribution in [1.82, 2.24) is 10.3 Å². The van der Waals surface area contributed by atoms with Crippen LogP contribution in [0.3, 0.4) is 0 Å². The maximum atomic E-state index is 12.7. The number of aryl methyl sites for hydroxylation is 1. The molecule has 150 valence electrons. The third-order valence-corrected chi connectivity index (χ3v) is 4.70. The highest BCUT2D eigenvalue weighted by Crippen LogP contribution is 2.24. The number of hydrogen-bond donors (Lipinski definition) is 2. The second-order valence-electron chi connectivity index (χ2n) is 7.07. The van der Waals surface area contributed by atoms with Gasteiger partial charge in [-0.3, -0.25) is 9.59 Å². The van der Waals surface area contributed by atoms with E-state index in [4.69, 9.17) is 16.0 Å². The molecule has 2 amide bonds. The molecular weight excluding hydrogens is 390 g/mol. The molecule has 3 rings (SSSR count). The average molecular weight is 412 g/mol. The normalized spacial score (nSPS) is 11.9. The van der Waals surface area contributed by atoms with Gasteiger partial charge in [-0.1, -0.05) is 55.3 Å². The quantitative estimate of drug-likeness (QED) is 0.596. The van der Waals surface area contributed by atoms with Gasteiger partial charge in [-0.05, 0) is 37.1 Å². The maximum Gasteiger partial charge on any atom is 0.277 e. The summed E-state index contributed by atoms with van der Waals surface area (Å²) >= 11 is 6.17. The van der Waals surface area contributed by atoms with E-state index in [1.807, 2.05) is 45.0 Å². The lowest BCUT2D eigenvalue weighted by molar-refractivity contribution is 0.0916. The van der Waals surface area contributed by atoms with E-state index in [1.54, 1.807) is 24.3 Å². The van der Waals surface area contributed by atoms with E-state index in [2.05, 4.69) is 15.6 Å². The zero-order chi connectivity index (χ0) is 21.0. The third kappa shape index (κ3) is 5.03. The average Bonchev–Trinajstić information content (AvgIpc) is 3.18. The summed E-state index contributed by atoms with van der Waals surface area (Å²) in [5.41, 5.74) is 2.10. The summed E-state index contributed by atoms with van der Waals surface area (Å²) in [6, 6.07) is 13.8. The van der Waals surface area contributed by atoms with Gasteiger partial charge >= 0.3 is 0 Å². The minimum absolute atomic E-state index is 0.0220. The number of rotatable bonds is 6. The number of oxazole rings is 1. The number of halogens is 1. The molecule has 0 saturated heterocycles. The van der Waals surface area contributed by atoms with E-state index in [-0.39, 0.29) is 29.3 Å². The molecule has 0 fully saturated rings. The Morgan fingerprint density at radius 3 is 2.48 bits per heavy atom. The molecule has 29 heavy (non-hydrogen) atoms. The van der Waals surface area contributed by atoms with Crippen LogP contribution in [0.2, 0.25) is 5.02 Å². The molecule has 0 unspecified atom stereocenters. The molecule has 0 radical (unpaired) electrons. The predicted molar refractivity (Wildman–Crippen MR) is 112 cm³/mol. The van der Waals surface area contributed by atoms with E-state index in [0.717, 1.165) is 5.56 Å². The van der Waals surface area contributed by atoms with E-state index in [1.165, 1.54) is 6.26 Å². The Bertz CT molecular complexity index is 1020. The van der Waals surface area contributed by atoms with Gasteiger partial charge in [0.15, 0.2) is 5.69 Å². The summed E-state index contributed by atoms with van der Waals surface area (Å²) < 4.78 is 5.52. The van der Waals surface area contributed by atoms with Gasteiger partial charge in [0, 0.05) is 5.69 Å². The third-order valence-electron chi connectivity index (χ3n) is 4.37. The van der Waals surface area contributed by atoms with E-state index in [9.17, 15) is 9.59 Å². The van der Waals surface area contributed by atoms with Crippen molar-refractivity contribution < 1.29 is 14.0 Å². The van der Waals surface area contributed by atoms with E-state index in [0.29, 0.717) is 16.3 Å². The predicted octanol–water partition coefficient (Wildman–Crippen LogP) is 5.02. The number of nitrogens with zero attached hydrogens (tertiary/aromatic N) is 1. The van der Waals surface area contributed by atoms with Crippen molar-refractivity contribution in [2.24, 2.45) is 5.92 Å². The first kappa shape index (κ1) is 20.6. The highest BCUT2D eigenvalue weighted by atomic mass is 35.5. The molecule has 0 saturated carbocycles. The van der Waals surface area contributed by atoms with Gasteiger partial charge in [0.2, 0.25) is 5.89 Å². The highest BCUT2D eigenvalue weighted by Gasteiger charge is 2.26. The molecule has 1 heterocycles. The van der Waals surface area contributed by atoms with Gasteiger partial charge in [0.05, 0.1) is 10.6 Å². The fourth-order valence-corrected chi connectivity index (χ4v) is 3.00. The Labute approximate surface area is 174 Å². The molecule has 2 N–H and O–H groups in total. The number of carbonyl (C=O) groups excluding carboxylic acids is 2. The summed E-state index contributed by atoms with van der Waals surface area (Å²) in [7, 11) is 0. The SMILES string of the molecule is Cc1ccc(Cl)c(C(=O)N[C@@H](c2nc(C(=O)Nc3ccccc3)co2)C(C)C)c1. The number of carbonyl (C=O) groups is 2. The molecular formula is C22H22ClN3O3. The number of nitrogens with one attached hydrogen (secondary N) is 2. The van der Waals surface area contributed by atoms with Gasteiger partial charge in [-0.2, -0.15) is 0 Å². The van der Waals surface area contributed by atoms with Gasteiger partial charge in [0.25, 0.3) is 11.8 Å². The topological polar surface area (TPSA) is 84.2 Å². The summed E-state index contributed by atoms with van der Waals surface area (Å²) in [6.45, 7) is 5.74. The largest absolute Gasteiger partial charge is 0.446 e. The summed E-state index contributed by atoms with van der Waals surface area (Å²) in [5, 5.41) is 6.03. The maximum absolute atomic E-state index is 12.7. The van der Waals surface area contributed by atoms with Crippen LogP contribution in [-0.4, -0.2) is 16.8 Å². The Hall–Kier alpha value is -3.12.